The lowest BCUT2D eigenvalue weighted by atomic mass is 9.90. The number of fused-ring (bicyclic) bond motifs is 2. The first-order valence-electron chi connectivity index (χ1n) is 10.6. The van der Waals surface area contributed by atoms with Gasteiger partial charge in [-0.25, -0.2) is 0 Å². The summed E-state index contributed by atoms with van der Waals surface area (Å²) in [6.07, 6.45) is 5.62. The topological polar surface area (TPSA) is 93.0 Å². The van der Waals surface area contributed by atoms with Gasteiger partial charge in [0.15, 0.2) is 5.78 Å². The molecule has 0 saturated carbocycles. The SMILES string of the molecule is CC(C)(O)Cn1cc(C(=O)[C@H]2COc3ccc(Cl)cc3C2)c2cnc(-c3cn[nH]c3Cl)cc21. The Bertz CT molecular complexity index is 1370. The molecule has 0 bridgehead atoms. The van der Waals surface area contributed by atoms with E-state index in [9.17, 15) is 9.90 Å². The monoisotopic (exact) mass is 484 g/mol. The van der Waals surface area contributed by atoms with Gasteiger partial charge in [-0.05, 0) is 50.1 Å². The van der Waals surface area contributed by atoms with Crippen LogP contribution in [0.4, 0.5) is 0 Å². The second kappa shape index (κ2) is 8.17. The maximum atomic E-state index is 13.6. The van der Waals surface area contributed by atoms with Crippen LogP contribution >= 0.6 is 23.2 Å². The first-order chi connectivity index (χ1) is 15.7. The van der Waals surface area contributed by atoms with E-state index in [1.807, 2.05) is 22.8 Å². The zero-order valence-electron chi connectivity index (χ0n) is 18.1. The second-order valence-electron chi connectivity index (χ2n) is 9.00. The maximum Gasteiger partial charge on any atom is 0.171 e. The minimum absolute atomic E-state index is 0.0315. The summed E-state index contributed by atoms with van der Waals surface area (Å²) in [7, 11) is 0. The molecule has 0 aliphatic carbocycles. The Balaban J connectivity index is 1.56. The third-order valence-electron chi connectivity index (χ3n) is 5.76. The average Bonchev–Trinajstić information content (AvgIpc) is 3.34. The van der Waals surface area contributed by atoms with E-state index in [1.165, 1.54) is 0 Å². The number of nitrogens with one attached hydrogen (secondary N) is 1. The van der Waals surface area contributed by atoms with Gasteiger partial charge in [-0.3, -0.25) is 14.9 Å². The van der Waals surface area contributed by atoms with E-state index >= 15 is 0 Å². The van der Waals surface area contributed by atoms with Crippen LogP contribution in [0.5, 0.6) is 5.75 Å². The molecule has 9 heteroatoms. The Kier molecular flexibility index (Phi) is 5.43. The highest BCUT2D eigenvalue weighted by Crippen LogP contribution is 2.34. The lowest BCUT2D eigenvalue weighted by molar-refractivity contribution is 0.0626. The number of benzene rings is 1. The molecule has 5 rings (SSSR count). The first kappa shape index (κ1) is 21.9. The molecule has 170 valence electrons. The fourth-order valence-corrected chi connectivity index (χ4v) is 4.67. The van der Waals surface area contributed by atoms with Crippen molar-refractivity contribution in [3.63, 3.8) is 0 Å². The van der Waals surface area contributed by atoms with E-state index in [-0.39, 0.29) is 11.7 Å². The largest absolute Gasteiger partial charge is 0.493 e. The van der Waals surface area contributed by atoms with E-state index < -0.39 is 5.60 Å². The molecule has 1 aliphatic rings. The number of rotatable bonds is 5. The number of hydrogen-bond acceptors (Lipinski definition) is 5. The second-order valence-corrected chi connectivity index (χ2v) is 9.81. The number of aliphatic hydroxyl groups is 1. The molecule has 0 unspecified atom stereocenters. The summed E-state index contributed by atoms with van der Waals surface area (Å²) in [5.41, 5.74) is 2.56. The van der Waals surface area contributed by atoms with Crippen molar-refractivity contribution in [1.29, 1.82) is 0 Å². The summed E-state index contributed by atoms with van der Waals surface area (Å²) in [5.74, 6) is 0.382. The van der Waals surface area contributed by atoms with E-state index in [0.29, 0.717) is 52.0 Å². The number of nitrogens with zero attached hydrogens (tertiary/aromatic N) is 3. The molecule has 0 radical (unpaired) electrons. The molecule has 0 amide bonds. The van der Waals surface area contributed by atoms with Gasteiger partial charge in [0.2, 0.25) is 0 Å². The lowest BCUT2D eigenvalue weighted by Crippen LogP contribution is -2.28. The van der Waals surface area contributed by atoms with E-state index in [0.717, 1.165) is 16.8 Å². The predicted octanol–water partition coefficient (Wildman–Crippen LogP) is 4.94. The van der Waals surface area contributed by atoms with Crippen molar-refractivity contribution in [2.45, 2.75) is 32.4 Å². The van der Waals surface area contributed by atoms with Crippen LogP contribution in [-0.2, 0) is 13.0 Å². The van der Waals surface area contributed by atoms with Crippen LogP contribution in [0.2, 0.25) is 10.2 Å². The standard InChI is InChI=1S/C24H22Cl2N4O3/c1-24(2,32)12-30-10-18(16-8-27-19(7-20(16)30)17-9-28-29-23(17)26)22(31)14-5-13-6-15(25)3-4-21(13)33-11-14/h3-4,6-10,14,32H,5,11-12H2,1-2H3,(H,28,29)/t14-/m1/s1. The molecule has 3 aromatic heterocycles. The molecular formula is C24H22Cl2N4O3. The number of ether oxygens (including phenoxy) is 1. The van der Waals surface area contributed by atoms with Gasteiger partial charge >= 0.3 is 0 Å². The molecule has 7 nitrogen and oxygen atoms in total. The number of hydrogen-bond donors (Lipinski definition) is 2. The average molecular weight is 485 g/mol. The van der Waals surface area contributed by atoms with Crippen molar-refractivity contribution >= 4 is 39.9 Å². The van der Waals surface area contributed by atoms with Crippen molar-refractivity contribution < 1.29 is 14.6 Å². The fourth-order valence-electron chi connectivity index (χ4n) is 4.28. The van der Waals surface area contributed by atoms with Crippen LogP contribution in [0.3, 0.4) is 0 Å². The third-order valence-corrected chi connectivity index (χ3v) is 6.28. The smallest absolute Gasteiger partial charge is 0.171 e. The predicted molar refractivity (Wildman–Crippen MR) is 127 cm³/mol. The Morgan fingerprint density at radius 1 is 1.30 bits per heavy atom. The van der Waals surface area contributed by atoms with Crippen molar-refractivity contribution in [2.75, 3.05) is 6.61 Å². The molecule has 2 N–H and O–H groups in total. The zero-order chi connectivity index (χ0) is 23.3. The molecule has 0 saturated heterocycles. The Morgan fingerprint density at radius 2 is 2.12 bits per heavy atom. The molecule has 1 atom stereocenters. The minimum Gasteiger partial charge on any atom is -0.493 e. The van der Waals surface area contributed by atoms with Crippen LogP contribution in [-0.4, -0.2) is 42.8 Å². The summed E-state index contributed by atoms with van der Waals surface area (Å²) in [5, 5.41) is 18.8. The summed E-state index contributed by atoms with van der Waals surface area (Å²) in [4.78, 5) is 18.1. The lowest BCUT2D eigenvalue weighted by Gasteiger charge is -2.24. The fraction of sp³-hybridized carbons (Fsp3) is 0.292. The van der Waals surface area contributed by atoms with Crippen LogP contribution in [0, 0.1) is 5.92 Å². The Morgan fingerprint density at radius 3 is 2.85 bits per heavy atom. The van der Waals surface area contributed by atoms with Crippen LogP contribution in [0.1, 0.15) is 29.8 Å². The van der Waals surface area contributed by atoms with E-state index in [2.05, 4.69) is 15.2 Å². The van der Waals surface area contributed by atoms with Gasteiger partial charge in [0, 0.05) is 28.4 Å². The number of carbonyl (C=O) groups is 1. The zero-order valence-corrected chi connectivity index (χ0v) is 19.6. The van der Waals surface area contributed by atoms with E-state index in [1.54, 1.807) is 38.5 Å². The summed E-state index contributed by atoms with van der Waals surface area (Å²) in [6.45, 7) is 4.05. The number of Topliss-reactive ketones (excluding diaryl/α,β-unsaturated/α-hetero) is 1. The highest BCUT2D eigenvalue weighted by molar-refractivity contribution is 6.32. The molecule has 1 aliphatic heterocycles. The van der Waals surface area contributed by atoms with Crippen molar-refractivity contribution in [2.24, 2.45) is 5.92 Å². The number of pyridine rings is 1. The molecule has 0 fully saturated rings. The summed E-state index contributed by atoms with van der Waals surface area (Å²) >= 11 is 12.3. The number of ketones is 1. The molecule has 33 heavy (non-hydrogen) atoms. The number of aromatic nitrogens is 4. The van der Waals surface area contributed by atoms with Gasteiger partial charge in [0.1, 0.15) is 10.9 Å². The van der Waals surface area contributed by atoms with Gasteiger partial charge in [-0.1, -0.05) is 23.2 Å². The van der Waals surface area contributed by atoms with Crippen molar-refractivity contribution in [3.05, 3.63) is 64.2 Å². The number of H-pyrrole nitrogens is 1. The Labute approximate surface area is 200 Å². The normalized spacial score (nSPS) is 16.0. The van der Waals surface area contributed by atoms with Crippen LogP contribution < -0.4 is 4.74 Å². The number of halogens is 2. The van der Waals surface area contributed by atoms with E-state index in [4.69, 9.17) is 27.9 Å². The third kappa shape index (κ3) is 4.24. The molecule has 1 aromatic carbocycles. The quantitative estimate of drug-likeness (QED) is 0.391. The molecule has 0 spiro atoms. The number of aromatic amines is 1. The van der Waals surface area contributed by atoms with Gasteiger partial charge in [-0.2, -0.15) is 5.10 Å². The summed E-state index contributed by atoms with van der Waals surface area (Å²) in [6, 6.07) is 7.32. The van der Waals surface area contributed by atoms with Crippen LogP contribution in [0.25, 0.3) is 22.2 Å². The Hall–Kier alpha value is -2.87. The minimum atomic E-state index is -0.980. The molecule has 4 heterocycles. The van der Waals surface area contributed by atoms with Crippen molar-refractivity contribution in [1.82, 2.24) is 19.7 Å². The maximum absolute atomic E-state index is 13.6. The molecule has 4 aromatic rings. The van der Waals surface area contributed by atoms with Crippen LogP contribution in [0.15, 0.2) is 42.9 Å². The summed E-state index contributed by atoms with van der Waals surface area (Å²) < 4.78 is 7.73. The highest BCUT2D eigenvalue weighted by atomic mass is 35.5. The van der Waals surface area contributed by atoms with Gasteiger partial charge in [0.05, 0.1) is 47.6 Å². The number of carbonyl (C=O) groups excluding carboxylic acids is 1. The van der Waals surface area contributed by atoms with Gasteiger partial charge < -0.3 is 14.4 Å². The van der Waals surface area contributed by atoms with Gasteiger partial charge in [-0.15, -0.1) is 0 Å². The highest BCUT2D eigenvalue weighted by Gasteiger charge is 2.30. The first-order valence-corrected chi connectivity index (χ1v) is 11.3. The van der Waals surface area contributed by atoms with Gasteiger partial charge in [0.25, 0.3) is 0 Å². The van der Waals surface area contributed by atoms with Crippen molar-refractivity contribution in [3.8, 4) is 17.0 Å². The molecular weight excluding hydrogens is 463 g/mol.